The fourth-order valence-corrected chi connectivity index (χ4v) is 4.16. The number of aromatic nitrogens is 3. The Morgan fingerprint density at radius 3 is 2.92 bits per heavy atom. The van der Waals surface area contributed by atoms with Gasteiger partial charge in [0.2, 0.25) is 11.7 Å². The van der Waals surface area contributed by atoms with E-state index in [-0.39, 0.29) is 17.7 Å². The minimum absolute atomic E-state index is 0.0944. The Bertz CT molecular complexity index is 970. The quantitative estimate of drug-likeness (QED) is 0.552. The van der Waals surface area contributed by atoms with Crippen molar-refractivity contribution < 1.29 is 9.21 Å². The molecule has 1 N–H and O–H groups in total. The van der Waals surface area contributed by atoms with E-state index in [1.807, 2.05) is 24.5 Å². The first-order valence-corrected chi connectivity index (χ1v) is 10.3. The number of amides is 1. The van der Waals surface area contributed by atoms with Gasteiger partial charge in [0.1, 0.15) is 11.1 Å². The van der Waals surface area contributed by atoms with Crippen molar-refractivity contribution in [1.82, 2.24) is 14.8 Å². The van der Waals surface area contributed by atoms with Crippen molar-refractivity contribution in [2.45, 2.75) is 25.0 Å². The van der Waals surface area contributed by atoms with Crippen molar-refractivity contribution in [2.75, 3.05) is 11.1 Å². The second-order valence-corrected chi connectivity index (χ2v) is 8.13. The molecule has 3 heterocycles. The van der Waals surface area contributed by atoms with E-state index in [9.17, 15) is 4.79 Å². The van der Waals surface area contributed by atoms with E-state index >= 15 is 0 Å². The van der Waals surface area contributed by atoms with E-state index in [4.69, 9.17) is 9.68 Å². The first-order chi connectivity index (χ1) is 12.5. The van der Waals surface area contributed by atoms with Crippen LogP contribution in [-0.4, -0.2) is 26.4 Å². The summed E-state index contributed by atoms with van der Waals surface area (Å²) in [6, 6.07) is 7.43. The van der Waals surface area contributed by atoms with Crippen LogP contribution in [0.5, 0.6) is 0 Å². The standard InChI is InChI=1S/C16H14BrN5O2S2/c1-9(2)22-14(11-3-4-12(17)24-11)20-21-16(22)26-8-13(23)19-15-10(7-18)5-6-25-15/h3-6,9H,8H2,1-2H3,(H,19,23). The van der Waals surface area contributed by atoms with Gasteiger partial charge in [-0.05, 0) is 53.4 Å². The van der Waals surface area contributed by atoms with E-state index in [1.54, 1.807) is 17.5 Å². The summed E-state index contributed by atoms with van der Waals surface area (Å²) < 4.78 is 8.11. The molecule has 7 nitrogen and oxygen atoms in total. The minimum atomic E-state index is -0.199. The van der Waals surface area contributed by atoms with Crippen LogP contribution in [-0.2, 0) is 4.79 Å². The molecule has 0 fully saturated rings. The molecule has 0 radical (unpaired) electrons. The van der Waals surface area contributed by atoms with E-state index in [0.29, 0.717) is 32.0 Å². The molecule has 3 aromatic heterocycles. The summed E-state index contributed by atoms with van der Waals surface area (Å²) in [5.41, 5.74) is 0.462. The molecule has 0 saturated heterocycles. The Balaban J connectivity index is 1.73. The molecule has 3 rings (SSSR count). The van der Waals surface area contributed by atoms with Crippen LogP contribution in [0.4, 0.5) is 5.00 Å². The molecule has 0 aliphatic rings. The maximum Gasteiger partial charge on any atom is 0.235 e. The fraction of sp³-hybridized carbons (Fsp3) is 0.250. The summed E-state index contributed by atoms with van der Waals surface area (Å²) in [4.78, 5) is 12.2. The summed E-state index contributed by atoms with van der Waals surface area (Å²) in [6.45, 7) is 4.03. The predicted octanol–water partition coefficient (Wildman–Crippen LogP) is 4.55. The van der Waals surface area contributed by atoms with Crippen molar-refractivity contribution in [3.8, 4) is 17.7 Å². The normalized spacial score (nSPS) is 10.9. The molecule has 134 valence electrons. The molecule has 0 aliphatic carbocycles. The monoisotopic (exact) mass is 451 g/mol. The van der Waals surface area contributed by atoms with Crippen LogP contribution in [0, 0.1) is 11.3 Å². The average Bonchev–Trinajstić information content (AvgIpc) is 3.31. The zero-order valence-corrected chi connectivity index (χ0v) is 17.1. The minimum Gasteiger partial charge on any atom is -0.446 e. The maximum atomic E-state index is 12.2. The Hall–Kier alpha value is -2.09. The number of hydrogen-bond acceptors (Lipinski definition) is 7. The van der Waals surface area contributed by atoms with Crippen molar-refractivity contribution in [3.05, 3.63) is 33.8 Å². The summed E-state index contributed by atoms with van der Waals surface area (Å²) in [5.74, 6) is 1.18. The van der Waals surface area contributed by atoms with Gasteiger partial charge in [-0.3, -0.25) is 9.36 Å². The predicted molar refractivity (Wildman–Crippen MR) is 104 cm³/mol. The van der Waals surface area contributed by atoms with Crippen molar-refractivity contribution in [2.24, 2.45) is 0 Å². The summed E-state index contributed by atoms with van der Waals surface area (Å²) in [7, 11) is 0. The van der Waals surface area contributed by atoms with Gasteiger partial charge in [0.25, 0.3) is 0 Å². The SMILES string of the molecule is CC(C)n1c(SCC(=O)Nc2sccc2C#N)nnc1-c1ccc(Br)o1. The van der Waals surface area contributed by atoms with Crippen LogP contribution in [0.3, 0.4) is 0 Å². The molecule has 0 aliphatic heterocycles. The van der Waals surface area contributed by atoms with Crippen molar-refractivity contribution in [1.29, 1.82) is 5.26 Å². The fourth-order valence-electron chi connectivity index (χ4n) is 2.23. The number of nitrogens with zero attached hydrogens (tertiary/aromatic N) is 4. The molecule has 10 heteroatoms. The van der Waals surface area contributed by atoms with Gasteiger partial charge >= 0.3 is 0 Å². The van der Waals surface area contributed by atoms with Gasteiger partial charge < -0.3 is 9.73 Å². The van der Waals surface area contributed by atoms with Crippen LogP contribution < -0.4 is 5.32 Å². The molecular weight excluding hydrogens is 438 g/mol. The molecule has 0 unspecified atom stereocenters. The van der Waals surface area contributed by atoms with E-state index in [0.717, 1.165) is 0 Å². The Labute approximate surface area is 166 Å². The highest BCUT2D eigenvalue weighted by atomic mass is 79.9. The topological polar surface area (TPSA) is 96.7 Å². The van der Waals surface area contributed by atoms with Gasteiger partial charge in [0.15, 0.2) is 15.6 Å². The zero-order chi connectivity index (χ0) is 18.7. The van der Waals surface area contributed by atoms with Gasteiger partial charge in [-0.2, -0.15) is 5.26 Å². The van der Waals surface area contributed by atoms with Gasteiger partial charge in [-0.1, -0.05) is 11.8 Å². The van der Waals surface area contributed by atoms with Gasteiger partial charge in [-0.15, -0.1) is 21.5 Å². The third-order valence-corrected chi connectivity index (χ3v) is 5.54. The van der Waals surface area contributed by atoms with Crippen LogP contribution in [0.1, 0.15) is 25.5 Å². The Kier molecular flexibility index (Phi) is 5.80. The molecule has 0 saturated carbocycles. The van der Waals surface area contributed by atoms with Crippen LogP contribution in [0.2, 0.25) is 0 Å². The summed E-state index contributed by atoms with van der Waals surface area (Å²) in [5, 5.41) is 23.1. The smallest absolute Gasteiger partial charge is 0.235 e. The second-order valence-electron chi connectivity index (χ2n) is 5.49. The summed E-state index contributed by atoms with van der Waals surface area (Å²) >= 11 is 5.89. The van der Waals surface area contributed by atoms with Crippen LogP contribution >= 0.6 is 39.0 Å². The second kappa shape index (κ2) is 8.07. The first-order valence-electron chi connectivity index (χ1n) is 7.60. The van der Waals surface area contributed by atoms with Crippen molar-refractivity contribution in [3.63, 3.8) is 0 Å². The lowest BCUT2D eigenvalue weighted by molar-refractivity contribution is -0.113. The first kappa shape index (κ1) is 18.7. The van der Waals surface area contributed by atoms with E-state index in [1.165, 1.54) is 23.1 Å². The highest BCUT2D eigenvalue weighted by molar-refractivity contribution is 9.10. The number of carbonyl (C=O) groups excluding carboxylic acids is 1. The van der Waals surface area contributed by atoms with E-state index < -0.39 is 0 Å². The number of carbonyl (C=O) groups is 1. The lowest BCUT2D eigenvalue weighted by Crippen LogP contribution is -2.14. The molecule has 0 aromatic carbocycles. The van der Waals surface area contributed by atoms with E-state index in [2.05, 4.69) is 37.5 Å². The number of furan rings is 1. The number of hydrogen-bond donors (Lipinski definition) is 1. The van der Waals surface area contributed by atoms with Crippen molar-refractivity contribution >= 4 is 49.9 Å². The number of anilines is 1. The number of nitrogens with one attached hydrogen (secondary N) is 1. The molecule has 3 aromatic rings. The lowest BCUT2D eigenvalue weighted by Gasteiger charge is -2.12. The number of halogens is 1. The van der Waals surface area contributed by atoms with Gasteiger partial charge in [-0.25, -0.2) is 0 Å². The van der Waals surface area contributed by atoms with Gasteiger partial charge in [0.05, 0.1) is 11.3 Å². The third-order valence-electron chi connectivity index (χ3n) is 3.35. The lowest BCUT2D eigenvalue weighted by atomic mass is 10.3. The number of thioether (sulfide) groups is 1. The maximum absolute atomic E-state index is 12.2. The molecule has 1 amide bonds. The van der Waals surface area contributed by atoms with Gasteiger partial charge in [0, 0.05) is 6.04 Å². The molecule has 0 spiro atoms. The third kappa shape index (κ3) is 4.00. The highest BCUT2D eigenvalue weighted by Gasteiger charge is 2.20. The number of nitriles is 1. The largest absolute Gasteiger partial charge is 0.446 e. The Morgan fingerprint density at radius 2 is 2.27 bits per heavy atom. The number of thiophene rings is 1. The molecule has 0 bridgehead atoms. The summed E-state index contributed by atoms with van der Waals surface area (Å²) in [6.07, 6.45) is 0. The number of rotatable bonds is 6. The van der Waals surface area contributed by atoms with Crippen LogP contribution in [0.25, 0.3) is 11.6 Å². The molecule has 26 heavy (non-hydrogen) atoms. The molecular formula is C16H14BrN5O2S2. The van der Waals surface area contributed by atoms with Crippen LogP contribution in [0.15, 0.2) is 37.8 Å². The molecule has 0 atom stereocenters. The highest BCUT2D eigenvalue weighted by Crippen LogP contribution is 2.30. The zero-order valence-electron chi connectivity index (χ0n) is 13.9. The average molecular weight is 452 g/mol. The Morgan fingerprint density at radius 1 is 1.46 bits per heavy atom.